The Morgan fingerprint density at radius 2 is 1.42 bits per heavy atom. The van der Waals surface area contributed by atoms with Crippen LogP contribution in [0.15, 0.2) is 24.3 Å². The van der Waals surface area contributed by atoms with Crippen LogP contribution in [0.5, 0.6) is 5.75 Å². The molecule has 1 aliphatic heterocycles. The van der Waals surface area contributed by atoms with Crippen molar-refractivity contribution in [3.63, 3.8) is 0 Å². The van der Waals surface area contributed by atoms with Crippen LogP contribution < -0.4 is 4.74 Å². The van der Waals surface area contributed by atoms with Crippen LogP contribution in [0.3, 0.4) is 0 Å². The monoisotopic (exact) mass is 366 g/mol. The van der Waals surface area contributed by atoms with E-state index in [2.05, 4.69) is 0 Å². The molecule has 0 aliphatic carbocycles. The first-order valence-electron chi connectivity index (χ1n) is 8.13. The molecule has 1 aromatic carbocycles. The zero-order valence-corrected chi connectivity index (χ0v) is 15.1. The van der Waals surface area contributed by atoms with Gasteiger partial charge in [0.25, 0.3) is 0 Å². The highest BCUT2D eigenvalue weighted by Crippen LogP contribution is 2.27. The molecule has 0 saturated carbocycles. The Hall–Kier alpha value is -2.61. The lowest BCUT2D eigenvalue weighted by atomic mass is 10.0. The molecule has 0 bridgehead atoms. The Morgan fingerprint density at radius 1 is 0.885 bits per heavy atom. The number of aryl methyl sites for hydroxylation is 1. The van der Waals surface area contributed by atoms with Crippen molar-refractivity contribution in [2.75, 3.05) is 6.61 Å². The van der Waals surface area contributed by atoms with E-state index < -0.39 is 42.5 Å². The second kappa shape index (κ2) is 8.66. The number of benzene rings is 1. The molecular weight excluding hydrogens is 344 g/mol. The predicted octanol–water partition coefficient (Wildman–Crippen LogP) is 1.53. The molecule has 1 aliphatic rings. The molecule has 1 heterocycles. The van der Waals surface area contributed by atoms with E-state index in [1.807, 2.05) is 19.1 Å². The molecule has 0 N–H and O–H groups in total. The first-order chi connectivity index (χ1) is 12.3. The number of hydrogen-bond acceptors (Lipinski definition) is 8. The van der Waals surface area contributed by atoms with E-state index in [9.17, 15) is 14.4 Å². The largest absolute Gasteiger partial charge is 0.461 e. The molecule has 0 aromatic heterocycles. The summed E-state index contributed by atoms with van der Waals surface area (Å²) in [6.45, 7) is 5.50. The zero-order chi connectivity index (χ0) is 19.3. The first-order valence-corrected chi connectivity index (χ1v) is 8.13. The highest BCUT2D eigenvalue weighted by molar-refractivity contribution is 5.68. The van der Waals surface area contributed by atoms with E-state index in [-0.39, 0.29) is 6.61 Å². The summed E-state index contributed by atoms with van der Waals surface area (Å²) in [6.07, 6.45) is -4.10. The molecule has 8 nitrogen and oxygen atoms in total. The normalized spacial score (nSPS) is 25.1. The molecule has 142 valence electrons. The minimum atomic E-state index is -1.10. The zero-order valence-electron chi connectivity index (χ0n) is 15.1. The molecule has 1 saturated heterocycles. The maximum Gasteiger partial charge on any atom is 0.303 e. The number of ether oxygens (including phenoxy) is 5. The highest BCUT2D eigenvalue weighted by Gasteiger charge is 2.48. The smallest absolute Gasteiger partial charge is 0.303 e. The van der Waals surface area contributed by atoms with Gasteiger partial charge in [-0.25, -0.2) is 0 Å². The molecule has 1 fully saturated rings. The van der Waals surface area contributed by atoms with Gasteiger partial charge in [-0.1, -0.05) is 17.7 Å². The van der Waals surface area contributed by atoms with Gasteiger partial charge in [0.15, 0.2) is 12.2 Å². The van der Waals surface area contributed by atoms with E-state index in [4.69, 9.17) is 23.7 Å². The van der Waals surface area contributed by atoms with Crippen molar-refractivity contribution >= 4 is 17.9 Å². The van der Waals surface area contributed by atoms with E-state index >= 15 is 0 Å². The van der Waals surface area contributed by atoms with E-state index in [1.165, 1.54) is 20.8 Å². The van der Waals surface area contributed by atoms with Gasteiger partial charge in [0, 0.05) is 20.8 Å². The minimum absolute atomic E-state index is 0.0776. The van der Waals surface area contributed by atoms with Gasteiger partial charge in [-0.2, -0.15) is 0 Å². The van der Waals surface area contributed by atoms with Crippen LogP contribution in [0.1, 0.15) is 26.3 Å². The average Bonchev–Trinajstić information content (AvgIpc) is 2.53. The highest BCUT2D eigenvalue weighted by atomic mass is 16.7. The van der Waals surface area contributed by atoms with E-state index in [0.29, 0.717) is 5.75 Å². The molecular formula is C18H22O8. The lowest BCUT2D eigenvalue weighted by Crippen LogP contribution is -2.59. The van der Waals surface area contributed by atoms with Crippen LogP contribution in [0.25, 0.3) is 0 Å². The number of rotatable bonds is 5. The third-order valence-electron chi connectivity index (χ3n) is 3.58. The molecule has 0 amide bonds. The number of carbonyl (C=O) groups is 3. The molecule has 4 atom stereocenters. The molecule has 0 spiro atoms. The maximum atomic E-state index is 11.5. The molecule has 8 heteroatoms. The Balaban J connectivity index is 2.25. The summed E-state index contributed by atoms with van der Waals surface area (Å²) >= 11 is 0. The second-order valence-electron chi connectivity index (χ2n) is 5.93. The van der Waals surface area contributed by atoms with Crippen molar-refractivity contribution in [3.8, 4) is 5.75 Å². The van der Waals surface area contributed by atoms with Gasteiger partial charge in [0.05, 0.1) is 6.61 Å². The Bertz CT molecular complexity index is 654. The van der Waals surface area contributed by atoms with Crippen molar-refractivity contribution in [1.29, 1.82) is 0 Å². The van der Waals surface area contributed by atoms with Gasteiger partial charge >= 0.3 is 17.9 Å². The van der Waals surface area contributed by atoms with Crippen molar-refractivity contribution < 1.29 is 38.1 Å². The number of hydrogen-bond donors (Lipinski definition) is 0. The third kappa shape index (κ3) is 5.45. The summed E-state index contributed by atoms with van der Waals surface area (Å²) in [5.74, 6) is -1.31. The lowest BCUT2D eigenvalue weighted by Gasteiger charge is -2.40. The molecule has 26 heavy (non-hydrogen) atoms. The van der Waals surface area contributed by atoms with Gasteiger partial charge in [0.2, 0.25) is 12.4 Å². The van der Waals surface area contributed by atoms with Crippen LogP contribution in [0.4, 0.5) is 0 Å². The maximum absolute atomic E-state index is 11.5. The second-order valence-corrected chi connectivity index (χ2v) is 5.93. The van der Waals surface area contributed by atoms with Crippen LogP contribution in [-0.4, -0.2) is 49.1 Å². The van der Waals surface area contributed by atoms with Gasteiger partial charge in [0.1, 0.15) is 5.75 Å². The summed E-state index contributed by atoms with van der Waals surface area (Å²) in [7, 11) is 0. The first kappa shape index (κ1) is 19.7. The predicted molar refractivity (Wildman–Crippen MR) is 88.2 cm³/mol. The lowest BCUT2D eigenvalue weighted by molar-refractivity contribution is -0.259. The van der Waals surface area contributed by atoms with Crippen LogP contribution >= 0.6 is 0 Å². The quantitative estimate of drug-likeness (QED) is 0.572. The van der Waals surface area contributed by atoms with Crippen LogP contribution in [0.2, 0.25) is 0 Å². The summed E-state index contributed by atoms with van der Waals surface area (Å²) in [4.78, 5) is 34.3. The molecule has 0 radical (unpaired) electrons. The fraction of sp³-hybridized carbons (Fsp3) is 0.500. The number of carbonyl (C=O) groups excluding carboxylic acids is 3. The van der Waals surface area contributed by atoms with Gasteiger partial charge in [-0.3, -0.25) is 14.4 Å². The summed E-state index contributed by atoms with van der Waals surface area (Å²) in [5.41, 5.74) is 1.05. The minimum Gasteiger partial charge on any atom is -0.461 e. The Labute approximate surface area is 151 Å². The average molecular weight is 366 g/mol. The topological polar surface area (TPSA) is 97.4 Å². The molecule has 0 unspecified atom stereocenters. The van der Waals surface area contributed by atoms with Crippen LogP contribution in [-0.2, 0) is 33.3 Å². The fourth-order valence-electron chi connectivity index (χ4n) is 2.56. The van der Waals surface area contributed by atoms with Gasteiger partial charge in [-0.05, 0) is 19.1 Å². The van der Waals surface area contributed by atoms with Crippen molar-refractivity contribution in [1.82, 2.24) is 0 Å². The van der Waals surface area contributed by atoms with Crippen LogP contribution in [0, 0.1) is 6.92 Å². The number of esters is 3. The Kier molecular flexibility index (Phi) is 6.57. The van der Waals surface area contributed by atoms with Gasteiger partial charge in [-0.15, -0.1) is 0 Å². The molecule has 1 aromatic rings. The third-order valence-corrected chi connectivity index (χ3v) is 3.58. The SMILES string of the molecule is CC(=O)O[C@@H]1[C@@H](Oc2ccc(C)cc2)OC[C@H](OC(C)=O)[C@H]1OC(C)=O. The summed E-state index contributed by atoms with van der Waals surface area (Å²) < 4.78 is 27.0. The Morgan fingerprint density at radius 3 is 1.96 bits per heavy atom. The van der Waals surface area contributed by atoms with E-state index in [1.54, 1.807) is 12.1 Å². The fourth-order valence-corrected chi connectivity index (χ4v) is 2.56. The van der Waals surface area contributed by atoms with E-state index in [0.717, 1.165) is 5.56 Å². The van der Waals surface area contributed by atoms with Crippen molar-refractivity contribution in [2.45, 2.75) is 52.3 Å². The van der Waals surface area contributed by atoms with Gasteiger partial charge < -0.3 is 23.7 Å². The molecule has 2 rings (SSSR count). The van der Waals surface area contributed by atoms with Crippen molar-refractivity contribution in [3.05, 3.63) is 29.8 Å². The summed E-state index contributed by atoms with van der Waals surface area (Å²) in [5, 5.41) is 0. The van der Waals surface area contributed by atoms with Crippen molar-refractivity contribution in [2.24, 2.45) is 0 Å². The standard InChI is InChI=1S/C18H22O8/c1-10-5-7-14(8-6-10)26-18-17(25-13(4)21)16(24-12(3)20)15(9-22-18)23-11(2)19/h5-8,15-18H,9H2,1-4H3/t15-,16+,17-,18+/m0/s1. The summed E-state index contributed by atoms with van der Waals surface area (Å²) in [6, 6.07) is 7.18.